The van der Waals surface area contributed by atoms with E-state index in [1.165, 1.54) is 12.4 Å². The van der Waals surface area contributed by atoms with Gasteiger partial charge in [-0.2, -0.15) is 0 Å². The number of pyridine rings is 1. The molecule has 1 aromatic heterocycles. The Balaban J connectivity index is 2.54. The summed E-state index contributed by atoms with van der Waals surface area (Å²) >= 11 is 0. The van der Waals surface area contributed by atoms with Gasteiger partial charge in [-0.1, -0.05) is 0 Å². The molecular weight excluding hydrogens is 290 g/mol. The maximum atomic E-state index is 11.7. The van der Waals surface area contributed by atoms with Crippen LogP contribution in [0.2, 0.25) is 0 Å². The first-order valence-electron chi connectivity index (χ1n) is 6.84. The number of aromatic nitrogens is 1. The van der Waals surface area contributed by atoms with Crippen LogP contribution in [0.1, 0.15) is 0 Å². The molecule has 6 N–H and O–H groups in total. The fraction of sp³-hybridized carbons (Fsp3) is 0.462. The van der Waals surface area contributed by atoms with Gasteiger partial charge >= 0.3 is 0 Å². The molecule has 0 radical (unpaired) electrons. The van der Waals surface area contributed by atoms with Crippen LogP contribution in [0.5, 0.6) is 0 Å². The molecule has 0 aliphatic carbocycles. The number of hydrogen-bond acceptors (Lipinski definition) is 7. The van der Waals surface area contributed by atoms with Crippen LogP contribution in [-0.2, 0) is 9.59 Å². The third-order valence-corrected chi connectivity index (χ3v) is 2.52. The molecule has 1 heterocycles. The van der Waals surface area contributed by atoms with Crippen molar-refractivity contribution < 1.29 is 19.8 Å². The van der Waals surface area contributed by atoms with Crippen molar-refractivity contribution in [3.05, 3.63) is 18.5 Å². The Morgan fingerprint density at radius 1 is 0.955 bits per heavy atom. The summed E-state index contributed by atoms with van der Waals surface area (Å²) in [7, 11) is 0. The van der Waals surface area contributed by atoms with E-state index in [0.717, 1.165) is 0 Å². The van der Waals surface area contributed by atoms with Gasteiger partial charge in [-0.05, 0) is 6.07 Å². The Hall–Kier alpha value is -2.07. The molecule has 0 bridgehead atoms. The molecule has 122 valence electrons. The predicted molar refractivity (Wildman–Crippen MR) is 81.4 cm³/mol. The van der Waals surface area contributed by atoms with E-state index in [1.807, 2.05) is 0 Å². The van der Waals surface area contributed by atoms with Crippen LogP contribution in [0.3, 0.4) is 0 Å². The van der Waals surface area contributed by atoms with Gasteiger partial charge in [0, 0.05) is 19.3 Å². The molecule has 0 aromatic carbocycles. The van der Waals surface area contributed by atoms with Gasteiger partial charge in [-0.25, -0.2) is 0 Å². The highest BCUT2D eigenvalue weighted by atomic mass is 16.3. The van der Waals surface area contributed by atoms with Gasteiger partial charge in [-0.15, -0.1) is 0 Å². The van der Waals surface area contributed by atoms with Crippen molar-refractivity contribution in [1.82, 2.24) is 15.6 Å². The maximum absolute atomic E-state index is 11.7. The summed E-state index contributed by atoms with van der Waals surface area (Å²) in [5, 5.41) is 28.0. The number of hydrogen-bond donors (Lipinski definition) is 6. The average Bonchev–Trinajstić information content (AvgIpc) is 2.50. The van der Waals surface area contributed by atoms with Gasteiger partial charge < -0.3 is 31.5 Å². The summed E-state index contributed by atoms with van der Waals surface area (Å²) in [4.78, 5) is 27.3. The van der Waals surface area contributed by atoms with E-state index in [2.05, 4.69) is 26.3 Å². The first-order chi connectivity index (χ1) is 10.7. The van der Waals surface area contributed by atoms with E-state index >= 15 is 0 Å². The molecule has 0 spiro atoms. The summed E-state index contributed by atoms with van der Waals surface area (Å²) in [5.74, 6) is -0.607. The zero-order valence-corrected chi connectivity index (χ0v) is 12.1. The van der Waals surface area contributed by atoms with Gasteiger partial charge in [0.2, 0.25) is 11.8 Å². The Bertz CT molecular complexity index is 440. The van der Waals surface area contributed by atoms with E-state index < -0.39 is 0 Å². The lowest BCUT2D eigenvalue weighted by atomic mass is 10.3. The Labute approximate surface area is 128 Å². The van der Waals surface area contributed by atoms with E-state index in [4.69, 9.17) is 10.2 Å². The molecule has 0 atom stereocenters. The van der Waals surface area contributed by atoms with Gasteiger partial charge in [0.25, 0.3) is 0 Å². The Morgan fingerprint density at radius 3 is 2.05 bits per heavy atom. The lowest BCUT2D eigenvalue weighted by Crippen LogP contribution is -2.31. The van der Waals surface area contributed by atoms with Crippen molar-refractivity contribution in [1.29, 1.82) is 0 Å². The molecule has 0 saturated heterocycles. The van der Waals surface area contributed by atoms with Crippen molar-refractivity contribution in [2.75, 3.05) is 50.0 Å². The summed E-state index contributed by atoms with van der Waals surface area (Å²) in [6.45, 7) is 0.632. The second kappa shape index (κ2) is 10.6. The lowest BCUT2D eigenvalue weighted by Gasteiger charge is -2.12. The normalized spacial score (nSPS) is 10.3. The molecule has 1 aromatic rings. The van der Waals surface area contributed by atoms with Crippen LogP contribution >= 0.6 is 0 Å². The largest absolute Gasteiger partial charge is 0.395 e. The van der Waals surface area contributed by atoms with Gasteiger partial charge in [0.05, 0.1) is 43.9 Å². The van der Waals surface area contributed by atoms with Gasteiger partial charge in [0.1, 0.15) is 0 Å². The standard InChI is InChI=1S/C13H21N5O4/c19-5-3-15-8-12(21)17-10-1-2-14-7-11(10)18-13(22)9-16-4-6-20/h1-2,7,15-16,19-20H,3-6,8-9H2,(H,18,22)(H,14,17,21). The smallest absolute Gasteiger partial charge is 0.238 e. The van der Waals surface area contributed by atoms with Crippen molar-refractivity contribution in [2.24, 2.45) is 0 Å². The first-order valence-corrected chi connectivity index (χ1v) is 6.84. The first kappa shape index (κ1) is 18.0. The lowest BCUT2D eigenvalue weighted by molar-refractivity contribution is -0.116. The highest BCUT2D eigenvalue weighted by molar-refractivity contribution is 6.00. The summed E-state index contributed by atoms with van der Waals surface area (Å²) in [5.41, 5.74) is 0.815. The average molecular weight is 311 g/mol. The second-order valence-corrected chi connectivity index (χ2v) is 4.32. The van der Waals surface area contributed by atoms with E-state index in [1.54, 1.807) is 6.07 Å². The number of aliphatic hydroxyl groups excluding tert-OH is 2. The van der Waals surface area contributed by atoms with Crippen molar-refractivity contribution in [3.8, 4) is 0 Å². The molecule has 0 unspecified atom stereocenters. The van der Waals surface area contributed by atoms with Crippen molar-refractivity contribution in [3.63, 3.8) is 0 Å². The van der Waals surface area contributed by atoms with E-state index in [9.17, 15) is 9.59 Å². The van der Waals surface area contributed by atoms with Crippen LogP contribution in [0.4, 0.5) is 11.4 Å². The number of rotatable bonds is 10. The minimum Gasteiger partial charge on any atom is -0.395 e. The minimum absolute atomic E-state index is 0.0426. The molecule has 1 rings (SSSR count). The van der Waals surface area contributed by atoms with Crippen molar-refractivity contribution in [2.45, 2.75) is 0 Å². The van der Waals surface area contributed by atoms with E-state index in [-0.39, 0.29) is 38.1 Å². The van der Waals surface area contributed by atoms with Gasteiger partial charge in [0.15, 0.2) is 0 Å². The molecule has 22 heavy (non-hydrogen) atoms. The fourth-order valence-corrected chi connectivity index (χ4v) is 1.55. The Morgan fingerprint density at radius 2 is 1.50 bits per heavy atom. The third kappa shape index (κ3) is 7.09. The summed E-state index contributed by atoms with van der Waals surface area (Å²) in [6.07, 6.45) is 2.93. The fourth-order valence-electron chi connectivity index (χ4n) is 1.55. The molecule has 0 aliphatic heterocycles. The summed E-state index contributed by atoms with van der Waals surface area (Å²) in [6, 6.07) is 1.57. The van der Waals surface area contributed by atoms with Crippen LogP contribution in [0, 0.1) is 0 Å². The van der Waals surface area contributed by atoms with Crippen molar-refractivity contribution >= 4 is 23.2 Å². The highest BCUT2D eigenvalue weighted by Gasteiger charge is 2.09. The maximum Gasteiger partial charge on any atom is 0.238 e. The van der Waals surface area contributed by atoms with E-state index in [0.29, 0.717) is 24.5 Å². The minimum atomic E-state index is -0.310. The van der Waals surface area contributed by atoms with Crippen LogP contribution < -0.4 is 21.3 Å². The number of amides is 2. The number of nitrogens with zero attached hydrogens (tertiary/aromatic N) is 1. The molecule has 0 aliphatic rings. The molecular formula is C13H21N5O4. The molecule has 9 heteroatoms. The number of anilines is 2. The highest BCUT2D eigenvalue weighted by Crippen LogP contribution is 2.19. The third-order valence-electron chi connectivity index (χ3n) is 2.52. The number of nitrogens with one attached hydrogen (secondary N) is 4. The zero-order valence-electron chi connectivity index (χ0n) is 12.1. The molecule has 0 saturated carbocycles. The zero-order chi connectivity index (χ0) is 16.2. The molecule has 0 fully saturated rings. The number of aliphatic hydroxyl groups is 2. The van der Waals surface area contributed by atoms with Gasteiger partial charge in [-0.3, -0.25) is 14.6 Å². The SMILES string of the molecule is O=C(CNCCO)Nc1ccncc1NC(=O)CNCCO. The van der Waals surface area contributed by atoms with Crippen LogP contribution in [-0.4, -0.2) is 66.4 Å². The number of carbonyl (C=O) groups excluding carboxylic acids is 2. The summed E-state index contributed by atoms with van der Waals surface area (Å²) < 4.78 is 0. The topological polar surface area (TPSA) is 136 Å². The Kier molecular flexibility index (Phi) is 8.69. The predicted octanol–water partition coefficient (Wildman–Crippen LogP) is -1.88. The number of carbonyl (C=O) groups is 2. The second-order valence-electron chi connectivity index (χ2n) is 4.32. The van der Waals surface area contributed by atoms with Crippen LogP contribution in [0.25, 0.3) is 0 Å². The van der Waals surface area contributed by atoms with Crippen LogP contribution in [0.15, 0.2) is 18.5 Å². The molecule has 9 nitrogen and oxygen atoms in total. The quantitative estimate of drug-likeness (QED) is 0.278. The monoisotopic (exact) mass is 311 g/mol. The molecule has 2 amide bonds.